The zero-order chi connectivity index (χ0) is 19.4. The number of carbonyl (C=O) groups excluding carboxylic acids is 2. The average molecular weight is 368 g/mol. The Morgan fingerprint density at radius 3 is 2.63 bits per heavy atom. The number of rotatable bonds is 5. The van der Waals surface area contributed by atoms with Crippen LogP contribution in [0.5, 0.6) is 5.75 Å². The predicted molar refractivity (Wildman–Crippen MR) is 107 cm³/mol. The van der Waals surface area contributed by atoms with E-state index in [0.717, 1.165) is 29.4 Å². The predicted octanol–water partition coefficient (Wildman–Crippen LogP) is 3.47. The van der Waals surface area contributed by atoms with Crippen LogP contribution in [0.15, 0.2) is 36.4 Å². The number of carbonyl (C=O) groups is 2. The summed E-state index contributed by atoms with van der Waals surface area (Å²) < 4.78 is 5.42. The van der Waals surface area contributed by atoms with Crippen molar-refractivity contribution in [3.05, 3.63) is 42.0 Å². The van der Waals surface area contributed by atoms with Crippen molar-refractivity contribution < 1.29 is 14.3 Å². The van der Waals surface area contributed by atoms with E-state index in [1.165, 1.54) is 0 Å². The van der Waals surface area contributed by atoms with E-state index in [-0.39, 0.29) is 17.7 Å². The maximum Gasteiger partial charge on any atom is 0.254 e. The van der Waals surface area contributed by atoms with Gasteiger partial charge in [-0.25, -0.2) is 0 Å². The number of ether oxygens (including phenoxy) is 1. The van der Waals surface area contributed by atoms with Gasteiger partial charge in [0.2, 0.25) is 5.91 Å². The number of hydrogen-bond donors (Lipinski definition) is 1. The molecule has 0 aliphatic carbocycles. The second-order valence-electron chi connectivity index (χ2n) is 7.59. The molecule has 2 aromatic carbocycles. The van der Waals surface area contributed by atoms with Gasteiger partial charge >= 0.3 is 0 Å². The van der Waals surface area contributed by atoms with Gasteiger partial charge in [0.05, 0.1) is 13.0 Å². The third kappa shape index (κ3) is 4.24. The molecule has 27 heavy (non-hydrogen) atoms. The minimum absolute atomic E-state index is 0.0183. The van der Waals surface area contributed by atoms with E-state index in [1.807, 2.05) is 41.3 Å². The standard InChI is InChI=1S/C22H28N2O3/c1-15(2)13-23-21(25)16-7-6-12-24(14-16)22(26)19-10-11-20(27-3)18-9-5-4-8-17(18)19/h4-5,8-11,15-16H,6-7,12-14H2,1-3H3,(H,23,25). The summed E-state index contributed by atoms with van der Waals surface area (Å²) in [6.07, 6.45) is 1.68. The van der Waals surface area contributed by atoms with E-state index in [9.17, 15) is 9.59 Å². The molecule has 2 amide bonds. The number of amides is 2. The van der Waals surface area contributed by atoms with Crippen LogP contribution in [0, 0.1) is 11.8 Å². The molecule has 1 atom stereocenters. The van der Waals surface area contributed by atoms with Gasteiger partial charge in [0.25, 0.3) is 5.91 Å². The van der Waals surface area contributed by atoms with Gasteiger partial charge in [-0.2, -0.15) is 0 Å². The van der Waals surface area contributed by atoms with Crippen LogP contribution < -0.4 is 10.1 Å². The molecular formula is C22H28N2O3. The number of fused-ring (bicyclic) bond motifs is 1. The number of benzene rings is 2. The van der Waals surface area contributed by atoms with Gasteiger partial charge in [0.15, 0.2) is 0 Å². The van der Waals surface area contributed by atoms with Crippen molar-refractivity contribution in [1.29, 1.82) is 0 Å². The average Bonchev–Trinajstić information content (AvgIpc) is 2.70. The summed E-state index contributed by atoms with van der Waals surface area (Å²) in [5.74, 6) is 1.08. The van der Waals surface area contributed by atoms with Crippen molar-refractivity contribution in [2.24, 2.45) is 11.8 Å². The third-order valence-electron chi connectivity index (χ3n) is 5.10. The molecule has 0 bridgehead atoms. The molecule has 0 aromatic heterocycles. The first-order valence-corrected chi connectivity index (χ1v) is 9.64. The van der Waals surface area contributed by atoms with Crippen LogP contribution in [0.2, 0.25) is 0 Å². The van der Waals surface area contributed by atoms with Crippen LogP contribution in [0.4, 0.5) is 0 Å². The summed E-state index contributed by atoms with van der Waals surface area (Å²) in [6, 6.07) is 11.4. The zero-order valence-electron chi connectivity index (χ0n) is 16.3. The van der Waals surface area contributed by atoms with Crippen LogP contribution in [-0.2, 0) is 4.79 Å². The molecule has 0 radical (unpaired) electrons. The monoisotopic (exact) mass is 368 g/mol. The van der Waals surface area contributed by atoms with E-state index >= 15 is 0 Å². The highest BCUT2D eigenvalue weighted by Gasteiger charge is 2.29. The molecule has 1 unspecified atom stereocenters. The Balaban J connectivity index is 1.80. The minimum Gasteiger partial charge on any atom is -0.496 e. The molecule has 1 N–H and O–H groups in total. The van der Waals surface area contributed by atoms with Gasteiger partial charge in [0, 0.05) is 30.6 Å². The smallest absolute Gasteiger partial charge is 0.254 e. The number of hydrogen-bond acceptors (Lipinski definition) is 3. The number of nitrogens with zero attached hydrogens (tertiary/aromatic N) is 1. The number of nitrogens with one attached hydrogen (secondary N) is 1. The molecule has 3 rings (SSSR count). The molecule has 1 heterocycles. The number of likely N-dealkylation sites (tertiary alicyclic amines) is 1. The molecule has 1 saturated heterocycles. The zero-order valence-corrected chi connectivity index (χ0v) is 16.3. The van der Waals surface area contributed by atoms with E-state index < -0.39 is 0 Å². The molecule has 5 heteroatoms. The normalized spacial score (nSPS) is 17.2. The third-order valence-corrected chi connectivity index (χ3v) is 5.10. The summed E-state index contributed by atoms with van der Waals surface area (Å²) in [5, 5.41) is 4.81. The lowest BCUT2D eigenvalue weighted by atomic mass is 9.95. The van der Waals surface area contributed by atoms with E-state index in [4.69, 9.17) is 4.74 Å². The molecule has 2 aromatic rings. The second kappa shape index (κ2) is 8.42. The van der Waals surface area contributed by atoms with Gasteiger partial charge in [-0.3, -0.25) is 9.59 Å². The molecule has 0 spiro atoms. The summed E-state index contributed by atoms with van der Waals surface area (Å²) in [7, 11) is 1.63. The van der Waals surface area contributed by atoms with Gasteiger partial charge in [0.1, 0.15) is 5.75 Å². The van der Waals surface area contributed by atoms with Crippen LogP contribution in [0.25, 0.3) is 10.8 Å². The quantitative estimate of drug-likeness (QED) is 0.879. The molecule has 1 fully saturated rings. The Labute approximate surface area is 160 Å². The highest BCUT2D eigenvalue weighted by Crippen LogP contribution is 2.30. The van der Waals surface area contributed by atoms with Gasteiger partial charge in [-0.15, -0.1) is 0 Å². The summed E-state index contributed by atoms with van der Waals surface area (Å²) in [4.78, 5) is 27.5. The van der Waals surface area contributed by atoms with Crippen LogP contribution >= 0.6 is 0 Å². The Morgan fingerprint density at radius 1 is 1.19 bits per heavy atom. The van der Waals surface area contributed by atoms with Gasteiger partial charge < -0.3 is 15.0 Å². The lowest BCUT2D eigenvalue weighted by Gasteiger charge is -2.32. The largest absolute Gasteiger partial charge is 0.496 e. The van der Waals surface area contributed by atoms with Crippen molar-refractivity contribution in [1.82, 2.24) is 10.2 Å². The number of piperidine rings is 1. The van der Waals surface area contributed by atoms with Crippen molar-refractivity contribution in [3.63, 3.8) is 0 Å². The summed E-state index contributed by atoms with van der Waals surface area (Å²) in [5.41, 5.74) is 0.662. The van der Waals surface area contributed by atoms with E-state index in [2.05, 4.69) is 19.2 Å². The first-order chi connectivity index (χ1) is 13.0. The maximum absolute atomic E-state index is 13.2. The fraction of sp³-hybridized carbons (Fsp3) is 0.455. The summed E-state index contributed by atoms with van der Waals surface area (Å²) >= 11 is 0. The fourth-order valence-corrected chi connectivity index (χ4v) is 3.63. The molecule has 5 nitrogen and oxygen atoms in total. The lowest BCUT2D eigenvalue weighted by Crippen LogP contribution is -2.46. The van der Waals surface area contributed by atoms with Crippen molar-refractivity contribution in [2.45, 2.75) is 26.7 Å². The molecule has 144 valence electrons. The SMILES string of the molecule is COc1ccc(C(=O)N2CCCC(C(=O)NCC(C)C)C2)c2ccccc12. The topological polar surface area (TPSA) is 58.6 Å². The molecule has 0 saturated carbocycles. The Kier molecular flexibility index (Phi) is 5.99. The summed E-state index contributed by atoms with van der Waals surface area (Å²) in [6.45, 7) is 5.99. The van der Waals surface area contributed by atoms with Crippen LogP contribution in [0.3, 0.4) is 0 Å². The molecular weight excluding hydrogens is 340 g/mol. The first kappa shape index (κ1) is 19.2. The van der Waals surface area contributed by atoms with E-state index in [1.54, 1.807) is 7.11 Å². The van der Waals surface area contributed by atoms with Crippen LogP contribution in [0.1, 0.15) is 37.0 Å². The Bertz CT molecular complexity index is 831. The highest BCUT2D eigenvalue weighted by atomic mass is 16.5. The highest BCUT2D eigenvalue weighted by molar-refractivity contribution is 6.08. The molecule has 1 aliphatic rings. The Hall–Kier alpha value is -2.56. The first-order valence-electron chi connectivity index (χ1n) is 9.64. The fourth-order valence-electron chi connectivity index (χ4n) is 3.63. The van der Waals surface area contributed by atoms with Crippen molar-refractivity contribution in [2.75, 3.05) is 26.7 Å². The van der Waals surface area contributed by atoms with Crippen molar-refractivity contribution in [3.8, 4) is 5.75 Å². The van der Waals surface area contributed by atoms with Gasteiger partial charge in [-0.1, -0.05) is 38.1 Å². The van der Waals surface area contributed by atoms with Crippen LogP contribution in [-0.4, -0.2) is 43.5 Å². The second-order valence-corrected chi connectivity index (χ2v) is 7.59. The van der Waals surface area contributed by atoms with Gasteiger partial charge in [-0.05, 0) is 36.3 Å². The maximum atomic E-state index is 13.2. The molecule has 1 aliphatic heterocycles. The van der Waals surface area contributed by atoms with E-state index in [0.29, 0.717) is 31.1 Å². The van der Waals surface area contributed by atoms with Crippen molar-refractivity contribution >= 4 is 22.6 Å². The minimum atomic E-state index is -0.133. The lowest BCUT2D eigenvalue weighted by molar-refractivity contribution is -0.126. The Morgan fingerprint density at radius 2 is 1.93 bits per heavy atom. The number of methoxy groups -OCH3 is 1.